The summed E-state index contributed by atoms with van der Waals surface area (Å²) in [5.74, 6) is -1.33. The number of aliphatic hydroxyl groups excluding tert-OH is 1. The second-order valence-electron chi connectivity index (χ2n) is 4.83. The third-order valence-electron chi connectivity index (χ3n) is 3.16. The molecule has 1 atom stereocenters. The lowest BCUT2D eigenvalue weighted by Crippen LogP contribution is -2.21. The monoisotopic (exact) mass is 339 g/mol. The molecule has 0 aliphatic heterocycles. The van der Waals surface area contributed by atoms with E-state index in [1.54, 1.807) is 12.1 Å². The number of aliphatic hydroxyl groups is 1. The second kappa shape index (κ2) is 7.30. The first kappa shape index (κ1) is 17.1. The summed E-state index contributed by atoms with van der Waals surface area (Å²) < 4.78 is 17.9. The summed E-state index contributed by atoms with van der Waals surface area (Å²) in [5.41, 5.74) is 1.11. The van der Waals surface area contributed by atoms with Crippen molar-refractivity contribution in [2.75, 3.05) is 12.4 Å². The highest BCUT2D eigenvalue weighted by molar-refractivity contribution is 6.32. The van der Waals surface area contributed by atoms with Crippen LogP contribution in [0.2, 0.25) is 5.02 Å². The number of hydrogen-bond donors (Lipinski definition) is 3. The zero-order chi connectivity index (χ0) is 17.0. The molecule has 0 saturated heterocycles. The van der Waals surface area contributed by atoms with E-state index in [0.717, 1.165) is 12.1 Å². The maximum absolute atomic E-state index is 13.3. The van der Waals surface area contributed by atoms with Crippen molar-refractivity contribution in [1.29, 1.82) is 0 Å². The fraction of sp³-hybridized carbons (Fsp3) is 0.188. The van der Waals surface area contributed by atoms with E-state index in [2.05, 4.69) is 10.1 Å². The van der Waals surface area contributed by atoms with Crippen LogP contribution in [-0.4, -0.2) is 29.5 Å². The fourth-order valence-electron chi connectivity index (χ4n) is 2.05. The van der Waals surface area contributed by atoms with E-state index in [0.29, 0.717) is 11.3 Å². The van der Waals surface area contributed by atoms with Crippen LogP contribution in [0.1, 0.15) is 15.9 Å². The summed E-state index contributed by atoms with van der Waals surface area (Å²) in [4.78, 5) is 11.3. The summed E-state index contributed by atoms with van der Waals surface area (Å²) in [6.07, 6.45) is -1.13. The number of benzene rings is 2. The van der Waals surface area contributed by atoms with Crippen molar-refractivity contribution in [3.63, 3.8) is 0 Å². The number of ether oxygens (including phenoxy) is 1. The van der Waals surface area contributed by atoms with Crippen molar-refractivity contribution in [3.8, 4) is 5.75 Å². The minimum atomic E-state index is -1.08. The Balaban J connectivity index is 2.05. The molecule has 0 bridgehead atoms. The van der Waals surface area contributed by atoms with Gasteiger partial charge >= 0.3 is 5.97 Å². The Labute approximate surface area is 137 Å². The third-order valence-corrected chi connectivity index (χ3v) is 3.45. The molecule has 2 rings (SSSR count). The summed E-state index contributed by atoms with van der Waals surface area (Å²) in [6.45, 7) is 0. The van der Waals surface area contributed by atoms with Gasteiger partial charge in [0.1, 0.15) is 17.8 Å². The first-order chi connectivity index (χ1) is 10.9. The maximum atomic E-state index is 13.3. The Morgan fingerprint density at radius 1 is 1.35 bits per heavy atom. The Kier molecular flexibility index (Phi) is 5.41. The van der Waals surface area contributed by atoms with Gasteiger partial charge in [0.2, 0.25) is 0 Å². The molecule has 2 aromatic carbocycles. The molecule has 5 nitrogen and oxygen atoms in total. The average Bonchev–Trinajstić information content (AvgIpc) is 2.52. The topological polar surface area (TPSA) is 78.8 Å². The number of hydrogen-bond acceptors (Lipinski definition) is 5. The van der Waals surface area contributed by atoms with Crippen molar-refractivity contribution in [3.05, 3.63) is 58.4 Å². The quantitative estimate of drug-likeness (QED) is 0.576. The lowest BCUT2D eigenvalue weighted by atomic mass is 10.1. The molecule has 0 fully saturated rings. The van der Waals surface area contributed by atoms with Crippen LogP contribution >= 0.6 is 11.6 Å². The van der Waals surface area contributed by atoms with E-state index >= 15 is 0 Å². The van der Waals surface area contributed by atoms with Crippen LogP contribution in [0.5, 0.6) is 5.75 Å². The second-order valence-corrected chi connectivity index (χ2v) is 5.24. The van der Waals surface area contributed by atoms with Gasteiger partial charge in [-0.1, -0.05) is 11.6 Å². The SMILES string of the molecule is COC(=O)c1ccc(NC(O)Cc2cc(F)cc(Cl)c2O)cc1. The van der Waals surface area contributed by atoms with Gasteiger partial charge in [0.25, 0.3) is 0 Å². The van der Waals surface area contributed by atoms with Gasteiger partial charge in [-0.3, -0.25) is 0 Å². The normalized spacial score (nSPS) is 11.8. The summed E-state index contributed by atoms with van der Waals surface area (Å²) >= 11 is 5.69. The molecule has 3 N–H and O–H groups in total. The zero-order valence-electron chi connectivity index (χ0n) is 12.2. The number of phenolic OH excluding ortho intramolecular Hbond substituents is 1. The van der Waals surface area contributed by atoms with Crippen LogP contribution < -0.4 is 5.32 Å². The number of nitrogens with one attached hydrogen (secondary N) is 1. The van der Waals surface area contributed by atoms with Crippen molar-refractivity contribution >= 4 is 23.3 Å². The molecular weight excluding hydrogens is 325 g/mol. The maximum Gasteiger partial charge on any atom is 0.337 e. The molecule has 0 aliphatic carbocycles. The molecule has 7 heteroatoms. The van der Waals surface area contributed by atoms with Crippen LogP contribution in [0.15, 0.2) is 36.4 Å². The zero-order valence-corrected chi connectivity index (χ0v) is 13.0. The van der Waals surface area contributed by atoms with Gasteiger partial charge in [-0.25, -0.2) is 9.18 Å². The van der Waals surface area contributed by atoms with Crippen molar-refractivity contribution in [2.24, 2.45) is 0 Å². The number of phenols is 1. The van der Waals surface area contributed by atoms with E-state index in [4.69, 9.17) is 11.6 Å². The van der Waals surface area contributed by atoms with Gasteiger partial charge in [0, 0.05) is 17.7 Å². The van der Waals surface area contributed by atoms with Gasteiger partial charge < -0.3 is 20.3 Å². The van der Waals surface area contributed by atoms with Crippen LogP contribution in [0.4, 0.5) is 10.1 Å². The molecule has 0 aliphatic rings. The predicted octanol–water partition coefficient (Wildman–Crippen LogP) is 2.94. The standard InChI is InChI=1S/C16H15ClFNO4/c1-23-16(22)9-2-4-12(5-3-9)19-14(20)7-10-6-11(18)8-13(17)15(10)21/h2-6,8,14,19-21H,7H2,1H3. The van der Waals surface area contributed by atoms with Gasteiger partial charge in [0.05, 0.1) is 17.7 Å². The van der Waals surface area contributed by atoms with Gasteiger partial charge in [-0.15, -0.1) is 0 Å². The van der Waals surface area contributed by atoms with Crippen molar-refractivity contribution in [2.45, 2.75) is 12.6 Å². The van der Waals surface area contributed by atoms with Crippen LogP contribution in [0.25, 0.3) is 0 Å². The van der Waals surface area contributed by atoms with Crippen LogP contribution in [0, 0.1) is 5.82 Å². The third kappa shape index (κ3) is 4.34. The van der Waals surface area contributed by atoms with Gasteiger partial charge in [-0.05, 0) is 36.4 Å². The highest BCUT2D eigenvalue weighted by atomic mass is 35.5. The Hall–Kier alpha value is -2.31. The summed E-state index contributed by atoms with van der Waals surface area (Å²) in [5, 5.41) is 22.4. The van der Waals surface area contributed by atoms with E-state index in [-0.39, 0.29) is 22.8 Å². The molecule has 0 spiro atoms. The number of halogens is 2. The van der Waals surface area contributed by atoms with Gasteiger partial charge in [-0.2, -0.15) is 0 Å². The summed E-state index contributed by atoms with van der Waals surface area (Å²) in [7, 11) is 1.29. The smallest absolute Gasteiger partial charge is 0.337 e. The molecule has 1 unspecified atom stereocenters. The average molecular weight is 340 g/mol. The van der Waals surface area contributed by atoms with Gasteiger partial charge in [0.15, 0.2) is 0 Å². The lowest BCUT2D eigenvalue weighted by Gasteiger charge is -2.15. The molecule has 0 radical (unpaired) electrons. The highest BCUT2D eigenvalue weighted by Gasteiger charge is 2.13. The number of carbonyl (C=O) groups is 1. The molecule has 122 valence electrons. The van der Waals surface area contributed by atoms with E-state index in [9.17, 15) is 19.4 Å². The molecule has 0 amide bonds. The van der Waals surface area contributed by atoms with Crippen molar-refractivity contribution < 1.29 is 24.1 Å². The van der Waals surface area contributed by atoms with Crippen LogP contribution in [-0.2, 0) is 11.2 Å². The first-order valence-electron chi connectivity index (χ1n) is 6.70. The molecule has 0 aromatic heterocycles. The minimum absolute atomic E-state index is 0.0535. The number of carbonyl (C=O) groups excluding carboxylic acids is 1. The fourth-order valence-corrected chi connectivity index (χ4v) is 2.27. The summed E-state index contributed by atoms with van der Waals surface area (Å²) in [6, 6.07) is 8.36. The van der Waals surface area contributed by atoms with E-state index in [1.165, 1.54) is 19.2 Å². The molecule has 0 heterocycles. The van der Waals surface area contributed by atoms with Crippen LogP contribution in [0.3, 0.4) is 0 Å². The van der Waals surface area contributed by atoms with E-state index in [1.807, 2.05) is 0 Å². The Bertz CT molecular complexity index is 706. The number of anilines is 1. The Morgan fingerprint density at radius 3 is 2.61 bits per heavy atom. The predicted molar refractivity (Wildman–Crippen MR) is 84.2 cm³/mol. The first-order valence-corrected chi connectivity index (χ1v) is 7.08. The molecule has 23 heavy (non-hydrogen) atoms. The highest BCUT2D eigenvalue weighted by Crippen LogP contribution is 2.29. The number of methoxy groups -OCH3 is 1. The Morgan fingerprint density at radius 2 is 2.00 bits per heavy atom. The molecule has 2 aromatic rings. The lowest BCUT2D eigenvalue weighted by molar-refractivity contribution is 0.0601. The van der Waals surface area contributed by atoms with Crippen molar-refractivity contribution in [1.82, 2.24) is 0 Å². The number of aromatic hydroxyl groups is 1. The number of esters is 1. The minimum Gasteiger partial charge on any atom is -0.506 e. The molecule has 0 saturated carbocycles. The van der Waals surface area contributed by atoms with E-state index < -0.39 is 18.0 Å². The number of rotatable bonds is 5. The molecular formula is C16H15ClFNO4. The largest absolute Gasteiger partial charge is 0.506 e.